The monoisotopic (exact) mass is 474 g/mol. The second-order valence-corrected chi connectivity index (χ2v) is 9.11. The highest BCUT2D eigenvalue weighted by Gasteiger charge is 2.23. The van der Waals surface area contributed by atoms with Crippen molar-refractivity contribution in [3.05, 3.63) is 61.5 Å². The zero-order valence-electron chi connectivity index (χ0n) is 13.4. The molecule has 24 heavy (non-hydrogen) atoms. The van der Waals surface area contributed by atoms with Gasteiger partial charge in [-0.1, -0.05) is 28.1 Å². The molecule has 2 rings (SSSR count). The van der Waals surface area contributed by atoms with E-state index in [1.807, 2.05) is 19.1 Å². The summed E-state index contributed by atoms with van der Waals surface area (Å²) in [6.07, 6.45) is 0. The van der Waals surface area contributed by atoms with Crippen LogP contribution < -0.4 is 0 Å². The van der Waals surface area contributed by atoms with E-state index < -0.39 is 15.8 Å². The van der Waals surface area contributed by atoms with Gasteiger partial charge in [0.1, 0.15) is 0 Å². The molecule has 0 amide bonds. The Morgan fingerprint density at radius 3 is 2.33 bits per heavy atom. The zero-order chi connectivity index (χ0) is 18.1. The number of hydrogen-bond acceptors (Lipinski definition) is 4. The van der Waals surface area contributed by atoms with Gasteiger partial charge in [0.25, 0.3) is 0 Å². The fraction of sp³-hybridized carbons (Fsp3) is 0.235. The Morgan fingerprint density at radius 2 is 1.75 bits per heavy atom. The van der Waals surface area contributed by atoms with Crippen LogP contribution in [0.2, 0.25) is 0 Å². The second-order valence-electron chi connectivity index (χ2n) is 5.44. The summed E-state index contributed by atoms with van der Waals surface area (Å²) in [5, 5.41) is 0. The lowest BCUT2D eigenvalue weighted by Crippen LogP contribution is -2.10. The van der Waals surface area contributed by atoms with Crippen LogP contribution in [0.25, 0.3) is 0 Å². The topological polar surface area (TPSA) is 60.4 Å². The fourth-order valence-corrected chi connectivity index (χ4v) is 5.76. The average molecular weight is 476 g/mol. The van der Waals surface area contributed by atoms with Crippen molar-refractivity contribution in [1.29, 1.82) is 0 Å². The molecule has 0 saturated heterocycles. The third-order valence-electron chi connectivity index (χ3n) is 3.57. The molecule has 2 aromatic rings. The van der Waals surface area contributed by atoms with E-state index in [9.17, 15) is 13.2 Å². The summed E-state index contributed by atoms with van der Waals surface area (Å²) in [5.74, 6) is -0.733. The number of methoxy groups -OCH3 is 1. The van der Waals surface area contributed by atoms with Gasteiger partial charge in [0.05, 0.1) is 23.3 Å². The maximum atomic E-state index is 12.8. The first-order chi connectivity index (χ1) is 11.2. The number of carbonyl (C=O) groups excluding carboxylic acids is 1. The molecule has 4 nitrogen and oxygen atoms in total. The first-order valence-electron chi connectivity index (χ1n) is 7.02. The number of rotatable bonds is 4. The van der Waals surface area contributed by atoms with Gasteiger partial charge >= 0.3 is 5.97 Å². The molecule has 0 aliphatic carbocycles. The molecule has 0 aliphatic rings. The highest BCUT2D eigenvalue weighted by Crippen LogP contribution is 2.30. The highest BCUT2D eigenvalue weighted by molar-refractivity contribution is 9.10. The van der Waals surface area contributed by atoms with Crippen molar-refractivity contribution in [2.45, 2.75) is 24.5 Å². The standard InChI is InChI=1S/C17H16Br2O4S/c1-10-4-5-12(14(18)6-10)9-24(21,22)16-8-13(17(20)23-3)11(2)7-15(16)19/h4-8H,9H2,1-3H3. The summed E-state index contributed by atoms with van der Waals surface area (Å²) in [4.78, 5) is 11.9. The van der Waals surface area contributed by atoms with Crippen LogP contribution in [-0.2, 0) is 20.3 Å². The third-order valence-corrected chi connectivity index (χ3v) is 6.93. The Labute approximate surface area is 158 Å². The lowest BCUT2D eigenvalue weighted by Gasteiger charge is -2.12. The smallest absolute Gasteiger partial charge is 0.338 e. The number of ether oxygens (including phenoxy) is 1. The minimum atomic E-state index is -3.65. The van der Waals surface area contributed by atoms with E-state index in [-0.39, 0.29) is 16.2 Å². The quantitative estimate of drug-likeness (QED) is 0.606. The van der Waals surface area contributed by atoms with E-state index in [2.05, 4.69) is 31.9 Å². The molecule has 0 heterocycles. The largest absolute Gasteiger partial charge is 0.465 e. The van der Waals surface area contributed by atoms with Crippen LogP contribution in [0.1, 0.15) is 27.0 Å². The van der Waals surface area contributed by atoms with Gasteiger partial charge < -0.3 is 4.74 Å². The van der Waals surface area contributed by atoms with Gasteiger partial charge in [0.2, 0.25) is 0 Å². The van der Waals surface area contributed by atoms with E-state index in [0.717, 1.165) is 10.0 Å². The van der Waals surface area contributed by atoms with Gasteiger partial charge in [0, 0.05) is 8.95 Å². The molecule has 0 N–H and O–H groups in total. The summed E-state index contributed by atoms with van der Waals surface area (Å²) < 4.78 is 31.5. The number of benzene rings is 2. The molecule has 128 valence electrons. The molecule has 0 aliphatic heterocycles. The number of aryl methyl sites for hydroxylation is 2. The van der Waals surface area contributed by atoms with Crippen LogP contribution in [0.4, 0.5) is 0 Å². The van der Waals surface area contributed by atoms with Crippen LogP contribution in [0.3, 0.4) is 0 Å². The van der Waals surface area contributed by atoms with Crippen molar-refractivity contribution in [2.24, 2.45) is 0 Å². The summed E-state index contributed by atoms with van der Waals surface area (Å²) in [5.41, 5.74) is 2.58. The number of halogens is 2. The molecule has 0 atom stereocenters. The minimum Gasteiger partial charge on any atom is -0.465 e. The number of carbonyl (C=O) groups is 1. The summed E-state index contributed by atoms with van der Waals surface area (Å²) in [6.45, 7) is 3.66. The zero-order valence-corrected chi connectivity index (χ0v) is 17.4. The van der Waals surface area contributed by atoms with Crippen LogP contribution in [-0.4, -0.2) is 21.5 Å². The minimum absolute atomic E-state index is 0.0703. The Balaban J connectivity index is 2.51. The first kappa shape index (κ1) is 19.1. The van der Waals surface area contributed by atoms with Crippen molar-refractivity contribution in [3.63, 3.8) is 0 Å². The molecule has 0 saturated carbocycles. The fourth-order valence-electron chi connectivity index (χ4n) is 2.27. The first-order valence-corrected chi connectivity index (χ1v) is 10.3. The van der Waals surface area contributed by atoms with Crippen LogP contribution in [0.15, 0.2) is 44.2 Å². The van der Waals surface area contributed by atoms with E-state index in [0.29, 0.717) is 15.6 Å². The molecular weight excluding hydrogens is 460 g/mol. The van der Waals surface area contributed by atoms with E-state index in [1.165, 1.54) is 13.2 Å². The molecule has 0 bridgehead atoms. The molecule has 2 aromatic carbocycles. The van der Waals surface area contributed by atoms with Gasteiger partial charge in [-0.25, -0.2) is 13.2 Å². The van der Waals surface area contributed by atoms with Crippen LogP contribution in [0, 0.1) is 13.8 Å². The third kappa shape index (κ3) is 4.07. The second kappa shape index (κ2) is 7.37. The maximum Gasteiger partial charge on any atom is 0.338 e. The average Bonchev–Trinajstić information content (AvgIpc) is 2.49. The lowest BCUT2D eigenvalue weighted by molar-refractivity contribution is 0.0599. The molecule has 0 aromatic heterocycles. The molecule has 0 unspecified atom stereocenters. The summed E-state index contributed by atoms with van der Waals surface area (Å²) in [7, 11) is -2.38. The predicted octanol–water partition coefficient (Wildman–Crippen LogP) is 4.59. The Bertz CT molecular complexity index is 905. The van der Waals surface area contributed by atoms with Crippen molar-refractivity contribution in [2.75, 3.05) is 7.11 Å². The highest BCUT2D eigenvalue weighted by atomic mass is 79.9. The van der Waals surface area contributed by atoms with Gasteiger partial charge in [0.15, 0.2) is 9.84 Å². The molecular formula is C17H16Br2O4S. The Kier molecular flexibility index (Phi) is 5.88. The number of sulfone groups is 1. The Morgan fingerprint density at radius 1 is 1.08 bits per heavy atom. The molecule has 0 fully saturated rings. The van der Waals surface area contributed by atoms with Crippen LogP contribution >= 0.6 is 31.9 Å². The predicted molar refractivity (Wildman–Crippen MR) is 100.0 cm³/mol. The molecule has 7 heteroatoms. The Hall–Kier alpha value is -1.18. The van der Waals surface area contributed by atoms with Gasteiger partial charge in [-0.3, -0.25) is 0 Å². The van der Waals surface area contributed by atoms with Gasteiger partial charge in [-0.2, -0.15) is 0 Å². The van der Waals surface area contributed by atoms with Crippen molar-refractivity contribution < 1.29 is 17.9 Å². The van der Waals surface area contributed by atoms with Crippen molar-refractivity contribution >= 4 is 47.7 Å². The maximum absolute atomic E-state index is 12.8. The summed E-state index contributed by atoms with van der Waals surface area (Å²) in [6, 6.07) is 8.49. The van der Waals surface area contributed by atoms with Crippen molar-refractivity contribution in [1.82, 2.24) is 0 Å². The van der Waals surface area contributed by atoms with Crippen molar-refractivity contribution in [3.8, 4) is 0 Å². The molecule has 0 radical (unpaired) electrons. The lowest BCUT2D eigenvalue weighted by atomic mass is 10.1. The molecule has 0 spiro atoms. The number of esters is 1. The SMILES string of the molecule is COC(=O)c1cc(S(=O)(=O)Cc2ccc(C)cc2Br)c(Br)cc1C. The van der Waals surface area contributed by atoms with E-state index in [1.54, 1.807) is 19.1 Å². The van der Waals surface area contributed by atoms with E-state index >= 15 is 0 Å². The van der Waals surface area contributed by atoms with E-state index in [4.69, 9.17) is 4.74 Å². The van der Waals surface area contributed by atoms with Gasteiger partial charge in [-0.05, 0) is 64.7 Å². The summed E-state index contributed by atoms with van der Waals surface area (Å²) >= 11 is 6.69. The normalized spacial score (nSPS) is 11.4. The van der Waals surface area contributed by atoms with Gasteiger partial charge in [-0.15, -0.1) is 0 Å². The number of hydrogen-bond donors (Lipinski definition) is 0. The van der Waals surface area contributed by atoms with Crippen LogP contribution in [0.5, 0.6) is 0 Å².